The molecule has 0 spiro atoms. The van der Waals surface area contributed by atoms with Crippen LogP contribution in [0.1, 0.15) is 26.0 Å². The molecule has 0 aliphatic rings. The van der Waals surface area contributed by atoms with Crippen molar-refractivity contribution in [1.29, 1.82) is 0 Å². The van der Waals surface area contributed by atoms with Crippen molar-refractivity contribution >= 4 is 17.4 Å². The predicted molar refractivity (Wildman–Crippen MR) is 58.0 cm³/mol. The van der Waals surface area contributed by atoms with Gasteiger partial charge in [0.25, 0.3) is 0 Å². The molecule has 0 aromatic carbocycles. The monoisotopic (exact) mass is 199 g/mol. The molecule has 0 aliphatic carbocycles. The zero-order valence-electron chi connectivity index (χ0n) is 8.50. The summed E-state index contributed by atoms with van der Waals surface area (Å²) in [4.78, 5) is 0. The lowest BCUT2D eigenvalue weighted by molar-refractivity contribution is 0.682. The number of aryl methyl sites for hydroxylation is 2. The fourth-order valence-electron chi connectivity index (χ4n) is 1.31. The molecule has 0 radical (unpaired) electrons. The summed E-state index contributed by atoms with van der Waals surface area (Å²) in [5, 5.41) is 5.49. The van der Waals surface area contributed by atoms with E-state index in [1.165, 1.54) is 0 Å². The molecular weight excluding hydrogens is 182 g/mol. The summed E-state index contributed by atoms with van der Waals surface area (Å²) in [6, 6.07) is 0. The number of aromatic nitrogens is 2. The Balaban J connectivity index is 2.92. The average molecular weight is 199 g/mol. The third-order valence-electron chi connectivity index (χ3n) is 1.87. The van der Waals surface area contributed by atoms with Gasteiger partial charge < -0.3 is 5.73 Å². The van der Waals surface area contributed by atoms with Crippen molar-refractivity contribution in [3.8, 4) is 0 Å². The van der Waals surface area contributed by atoms with Crippen LogP contribution in [-0.4, -0.2) is 15.5 Å². The Morgan fingerprint density at radius 3 is 2.69 bits per heavy atom. The Morgan fingerprint density at radius 2 is 2.15 bits per heavy atom. The highest BCUT2D eigenvalue weighted by Crippen LogP contribution is 2.27. The molecule has 0 saturated carbocycles. The van der Waals surface area contributed by atoms with Gasteiger partial charge in [-0.1, -0.05) is 20.3 Å². The number of nitrogens with zero attached hydrogens (tertiary/aromatic N) is 2. The molecule has 74 valence electrons. The van der Waals surface area contributed by atoms with Gasteiger partial charge in [0.05, 0.1) is 11.4 Å². The summed E-state index contributed by atoms with van der Waals surface area (Å²) in [7, 11) is 1.95. The van der Waals surface area contributed by atoms with Crippen molar-refractivity contribution < 1.29 is 0 Å². The Labute approximate surface area is 83.7 Å². The Hall–Kier alpha value is -0.640. The summed E-state index contributed by atoms with van der Waals surface area (Å²) in [5.74, 6) is 1.04. The molecule has 0 saturated heterocycles. The van der Waals surface area contributed by atoms with Crippen molar-refractivity contribution in [3.63, 3.8) is 0 Å². The smallest absolute Gasteiger partial charge is 0.117 e. The van der Waals surface area contributed by atoms with E-state index in [0.29, 0.717) is 0 Å². The lowest BCUT2D eigenvalue weighted by Gasteiger charge is -1.99. The molecule has 0 bridgehead atoms. The molecule has 0 unspecified atom stereocenters. The highest BCUT2D eigenvalue weighted by atomic mass is 32.2. The molecule has 0 fully saturated rings. The fraction of sp³-hybridized carbons (Fsp3) is 0.667. The van der Waals surface area contributed by atoms with Gasteiger partial charge in [0.1, 0.15) is 5.03 Å². The van der Waals surface area contributed by atoms with Crippen molar-refractivity contribution in [2.75, 3.05) is 11.5 Å². The van der Waals surface area contributed by atoms with E-state index in [-0.39, 0.29) is 0 Å². The number of anilines is 1. The molecule has 0 aliphatic heterocycles. The van der Waals surface area contributed by atoms with Gasteiger partial charge in [-0.3, -0.25) is 4.68 Å². The van der Waals surface area contributed by atoms with Gasteiger partial charge in [0.2, 0.25) is 0 Å². The van der Waals surface area contributed by atoms with Crippen LogP contribution in [0.15, 0.2) is 5.03 Å². The minimum atomic E-state index is 0.871. The molecule has 1 aromatic rings. The normalized spacial score (nSPS) is 10.7. The Morgan fingerprint density at radius 1 is 1.46 bits per heavy atom. The minimum absolute atomic E-state index is 0.871. The third kappa shape index (κ3) is 2.18. The second-order valence-electron chi connectivity index (χ2n) is 2.97. The third-order valence-corrected chi connectivity index (χ3v) is 2.92. The summed E-state index contributed by atoms with van der Waals surface area (Å²) in [6.07, 6.45) is 2.07. The number of thioether (sulfide) groups is 1. The van der Waals surface area contributed by atoms with Crippen molar-refractivity contribution in [1.82, 2.24) is 9.78 Å². The van der Waals surface area contributed by atoms with Gasteiger partial charge in [-0.05, 0) is 12.2 Å². The summed E-state index contributed by atoms with van der Waals surface area (Å²) >= 11 is 1.75. The van der Waals surface area contributed by atoms with E-state index < -0.39 is 0 Å². The first-order valence-electron chi connectivity index (χ1n) is 4.64. The predicted octanol–water partition coefficient (Wildman–Crippen LogP) is 2.07. The largest absolute Gasteiger partial charge is 0.395 e. The highest BCUT2D eigenvalue weighted by molar-refractivity contribution is 7.99. The van der Waals surface area contributed by atoms with Crippen LogP contribution in [0.5, 0.6) is 0 Å². The molecule has 1 rings (SSSR count). The second kappa shape index (κ2) is 4.56. The quantitative estimate of drug-likeness (QED) is 0.755. The van der Waals surface area contributed by atoms with E-state index in [1.54, 1.807) is 11.8 Å². The standard InChI is InChI=1S/C9H17N3S/c1-4-6-7-8(10)9(13-5-2)12(3)11-7/h4-6,10H2,1-3H3. The Kier molecular flexibility index (Phi) is 3.66. The maximum atomic E-state index is 5.97. The number of hydrogen-bond acceptors (Lipinski definition) is 3. The second-order valence-corrected chi connectivity index (χ2v) is 4.22. The van der Waals surface area contributed by atoms with Crippen LogP contribution in [-0.2, 0) is 13.5 Å². The van der Waals surface area contributed by atoms with Crippen molar-refractivity contribution in [2.45, 2.75) is 31.7 Å². The first-order chi connectivity index (χ1) is 6.20. The Bertz CT molecular complexity index is 281. The van der Waals surface area contributed by atoms with E-state index in [4.69, 9.17) is 5.73 Å². The molecular formula is C9H17N3S. The van der Waals surface area contributed by atoms with Crippen molar-refractivity contribution in [2.24, 2.45) is 7.05 Å². The van der Waals surface area contributed by atoms with E-state index in [2.05, 4.69) is 18.9 Å². The van der Waals surface area contributed by atoms with Gasteiger partial charge in [0, 0.05) is 7.05 Å². The van der Waals surface area contributed by atoms with Crippen LogP contribution in [0.4, 0.5) is 5.69 Å². The van der Waals surface area contributed by atoms with Gasteiger partial charge in [-0.15, -0.1) is 11.8 Å². The minimum Gasteiger partial charge on any atom is -0.395 e. The number of nitrogen functional groups attached to an aromatic ring is 1. The van der Waals surface area contributed by atoms with E-state index in [0.717, 1.165) is 35.0 Å². The summed E-state index contributed by atoms with van der Waals surface area (Å²) in [6.45, 7) is 4.26. The van der Waals surface area contributed by atoms with Gasteiger partial charge in [-0.25, -0.2) is 0 Å². The van der Waals surface area contributed by atoms with Crippen LogP contribution < -0.4 is 5.73 Å². The van der Waals surface area contributed by atoms with Crippen LogP contribution in [0.25, 0.3) is 0 Å². The number of nitrogens with two attached hydrogens (primary N) is 1. The van der Waals surface area contributed by atoms with Crippen LogP contribution >= 0.6 is 11.8 Å². The van der Waals surface area contributed by atoms with Gasteiger partial charge in [-0.2, -0.15) is 5.10 Å². The molecule has 0 amide bonds. The zero-order chi connectivity index (χ0) is 9.84. The molecule has 1 aromatic heterocycles. The van der Waals surface area contributed by atoms with Crippen LogP contribution in [0, 0.1) is 0 Å². The first kappa shape index (κ1) is 10.4. The topological polar surface area (TPSA) is 43.8 Å². The van der Waals surface area contributed by atoms with E-state index >= 15 is 0 Å². The highest BCUT2D eigenvalue weighted by Gasteiger charge is 2.11. The van der Waals surface area contributed by atoms with Gasteiger partial charge in [0.15, 0.2) is 0 Å². The van der Waals surface area contributed by atoms with E-state index in [9.17, 15) is 0 Å². The number of hydrogen-bond donors (Lipinski definition) is 1. The maximum absolute atomic E-state index is 5.97. The van der Waals surface area contributed by atoms with Gasteiger partial charge >= 0.3 is 0 Å². The number of rotatable bonds is 4. The lowest BCUT2D eigenvalue weighted by Crippen LogP contribution is -1.93. The van der Waals surface area contributed by atoms with Crippen LogP contribution in [0.2, 0.25) is 0 Å². The maximum Gasteiger partial charge on any atom is 0.117 e. The molecule has 2 N–H and O–H groups in total. The molecule has 13 heavy (non-hydrogen) atoms. The summed E-state index contributed by atoms with van der Waals surface area (Å²) in [5.41, 5.74) is 7.89. The van der Waals surface area contributed by atoms with E-state index in [1.807, 2.05) is 11.7 Å². The molecule has 3 nitrogen and oxygen atoms in total. The SMILES string of the molecule is CCCc1nn(C)c(SCC)c1N. The van der Waals surface area contributed by atoms with Crippen molar-refractivity contribution in [3.05, 3.63) is 5.69 Å². The summed E-state index contributed by atoms with van der Waals surface area (Å²) < 4.78 is 1.88. The van der Waals surface area contributed by atoms with Crippen LogP contribution in [0.3, 0.4) is 0 Å². The lowest BCUT2D eigenvalue weighted by atomic mass is 10.2. The first-order valence-corrected chi connectivity index (χ1v) is 5.63. The molecule has 0 atom stereocenters. The molecule has 1 heterocycles. The zero-order valence-corrected chi connectivity index (χ0v) is 9.32. The average Bonchev–Trinajstić information content (AvgIpc) is 2.34. The molecule has 4 heteroatoms. The fourth-order valence-corrected chi connectivity index (χ4v) is 2.08.